The molecule has 0 fully saturated rings. The van der Waals surface area contributed by atoms with E-state index in [1.807, 2.05) is 0 Å². The summed E-state index contributed by atoms with van der Waals surface area (Å²) >= 11 is 0. The van der Waals surface area contributed by atoms with Crippen molar-refractivity contribution in [2.75, 3.05) is 14.2 Å². The van der Waals surface area contributed by atoms with Crippen molar-refractivity contribution in [3.05, 3.63) is 17.7 Å². The van der Waals surface area contributed by atoms with Crippen LogP contribution in [0.3, 0.4) is 0 Å². The lowest BCUT2D eigenvalue weighted by Crippen LogP contribution is -2.13. The van der Waals surface area contributed by atoms with Gasteiger partial charge in [-0.05, 0) is 5.16 Å². The number of ketones is 1. The molecule has 19 heavy (non-hydrogen) atoms. The Balaban J connectivity index is 2.42. The summed E-state index contributed by atoms with van der Waals surface area (Å²) < 4.78 is 15.4. The van der Waals surface area contributed by atoms with Crippen molar-refractivity contribution < 1.29 is 28.6 Å². The van der Waals surface area contributed by atoms with Crippen molar-refractivity contribution in [2.45, 2.75) is 6.92 Å². The van der Waals surface area contributed by atoms with Gasteiger partial charge in [0, 0.05) is 19.1 Å². The van der Waals surface area contributed by atoms with Gasteiger partial charge < -0.3 is 19.0 Å². The second kappa shape index (κ2) is 4.97. The number of benzene rings is 1. The Bertz CT molecular complexity index is 578. The number of hydrogen-bond acceptors (Lipinski definition) is 7. The summed E-state index contributed by atoms with van der Waals surface area (Å²) in [7, 11) is 2.90. The number of Topliss-reactive ketones (excluding diaryl/α,β-unsaturated/α-hetero) is 1. The highest BCUT2D eigenvalue weighted by Crippen LogP contribution is 2.38. The average Bonchev–Trinajstić information content (AvgIpc) is 2.72. The van der Waals surface area contributed by atoms with Crippen molar-refractivity contribution in [3.8, 4) is 17.2 Å². The van der Waals surface area contributed by atoms with Gasteiger partial charge in [-0.25, -0.2) is 4.79 Å². The van der Waals surface area contributed by atoms with Gasteiger partial charge in [-0.3, -0.25) is 4.79 Å². The second-order valence-corrected chi connectivity index (χ2v) is 3.61. The van der Waals surface area contributed by atoms with Crippen LogP contribution in [0, 0.1) is 0 Å². The molecule has 1 heterocycles. The third-order valence-corrected chi connectivity index (χ3v) is 2.38. The number of oxime groups is 1. The number of methoxy groups -OCH3 is 2. The van der Waals surface area contributed by atoms with Crippen molar-refractivity contribution in [1.82, 2.24) is 0 Å². The second-order valence-electron chi connectivity index (χ2n) is 3.61. The highest BCUT2D eigenvalue weighted by molar-refractivity contribution is 6.47. The molecule has 1 aromatic rings. The largest absolute Gasteiger partial charge is 0.496 e. The first-order valence-electron chi connectivity index (χ1n) is 5.31. The number of fused-ring (bicyclic) bond motifs is 1. The van der Waals surface area contributed by atoms with E-state index in [1.54, 1.807) is 6.07 Å². The quantitative estimate of drug-likeness (QED) is 0.602. The molecule has 7 nitrogen and oxygen atoms in total. The summed E-state index contributed by atoms with van der Waals surface area (Å²) in [5.74, 6) is -0.478. The van der Waals surface area contributed by atoms with Gasteiger partial charge in [0.05, 0.1) is 14.2 Å². The number of rotatable bonds is 3. The molecule has 0 unspecified atom stereocenters. The fourth-order valence-electron chi connectivity index (χ4n) is 1.57. The zero-order valence-electron chi connectivity index (χ0n) is 10.6. The fraction of sp³-hybridized carbons (Fsp3) is 0.250. The predicted molar refractivity (Wildman–Crippen MR) is 63.7 cm³/mol. The Labute approximate surface area is 108 Å². The molecule has 1 aliphatic heterocycles. The molecule has 0 aliphatic carbocycles. The van der Waals surface area contributed by atoms with Gasteiger partial charge in [0.25, 0.3) is 5.78 Å². The number of ether oxygens (including phenoxy) is 3. The van der Waals surface area contributed by atoms with E-state index >= 15 is 0 Å². The highest BCUT2D eigenvalue weighted by atomic mass is 16.7. The predicted octanol–water partition coefficient (Wildman–Crippen LogP) is 1.16. The number of hydrogen-bond donors (Lipinski definition) is 0. The molecular weight excluding hydrogens is 254 g/mol. The molecule has 0 saturated heterocycles. The van der Waals surface area contributed by atoms with E-state index in [9.17, 15) is 9.59 Å². The monoisotopic (exact) mass is 265 g/mol. The minimum Gasteiger partial charge on any atom is -0.496 e. The van der Waals surface area contributed by atoms with E-state index < -0.39 is 11.8 Å². The number of carbonyl (C=O) groups excluding carboxylic acids is 2. The lowest BCUT2D eigenvalue weighted by atomic mass is 10.1. The summed E-state index contributed by atoms with van der Waals surface area (Å²) in [6, 6.07) is 3.07. The maximum atomic E-state index is 12.0. The zero-order chi connectivity index (χ0) is 14.0. The van der Waals surface area contributed by atoms with Crippen LogP contribution in [0.2, 0.25) is 0 Å². The topological polar surface area (TPSA) is 83.4 Å². The van der Waals surface area contributed by atoms with Crippen LogP contribution in [0.1, 0.15) is 17.3 Å². The Kier molecular flexibility index (Phi) is 3.37. The molecule has 100 valence electrons. The van der Waals surface area contributed by atoms with Gasteiger partial charge in [-0.2, -0.15) is 0 Å². The normalized spacial score (nSPS) is 14.9. The zero-order valence-corrected chi connectivity index (χ0v) is 10.6. The molecule has 0 atom stereocenters. The molecule has 0 radical (unpaired) electrons. The summed E-state index contributed by atoms with van der Waals surface area (Å²) in [5, 5.41) is 3.35. The van der Waals surface area contributed by atoms with Gasteiger partial charge in [0.1, 0.15) is 22.8 Å². The smallest absolute Gasteiger partial charge is 0.332 e. The van der Waals surface area contributed by atoms with Gasteiger partial charge in [-0.1, -0.05) is 0 Å². The van der Waals surface area contributed by atoms with E-state index in [4.69, 9.17) is 14.2 Å². The third kappa shape index (κ3) is 2.35. The Morgan fingerprint density at radius 3 is 2.58 bits per heavy atom. The fourth-order valence-corrected chi connectivity index (χ4v) is 1.57. The lowest BCUT2D eigenvalue weighted by Gasteiger charge is -2.06. The van der Waals surface area contributed by atoms with Crippen molar-refractivity contribution in [1.29, 1.82) is 0 Å². The maximum absolute atomic E-state index is 12.0. The minimum absolute atomic E-state index is 0.217. The molecular formula is C12H11NO6. The first kappa shape index (κ1) is 12.9. The van der Waals surface area contributed by atoms with E-state index in [1.165, 1.54) is 27.2 Å². The molecule has 0 aromatic heterocycles. The minimum atomic E-state index is -0.649. The molecule has 1 aromatic carbocycles. The van der Waals surface area contributed by atoms with Crippen LogP contribution < -0.4 is 14.2 Å². The van der Waals surface area contributed by atoms with Gasteiger partial charge >= 0.3 is 11.9 Å². The summed E-state index contributed by atoms with van der Waals surface area (Å²) in [5.41, 5.74) is 0.217. The molecule has 2 rings (SSSR count). The van der Waals surface area contributed by atoms with Crippen molar-refractivity contribution in [2.24, 2.45) is 5.16 Å². The number of nitrogens with zero attached hydrogens (tertiary/aromatic N) is 1. The third-order valence-electron chi connectivity index (χ3n) is 2.38. The Morgan fingerprint density at radius 2 is 2.00 bits per heavy atom. The first-order chi connectivity index (χ1) is 9.06. The van der Waals surface area contributed by atoms with Gasteiger partial charge in [0.15, 0.2) is 0 Å². The summed E-state index contributed by atoms with van der Waals surface area (Å²) in [6.07, 6.45) is 0. The van der Waals surface area contributed by atoms with Gasteiger partial charge in [0.2, 0.25) is 0 Å². The summed E-state index contributed by atoms with van der Waals surface area (Å²) in [4.78, 5) is 27.1. The Morgan fingerprint density at radius 1 is 1.26 bits per heavy atom. The Hall–Kier alpha value is -2.57. The SMILES string of the molecule is COc1cc(OC)c2c(c1)O/C(=N/OC(C)=O)C2=O. The first-order valence-corrected chi connectivity index (χ1v) is 5.31. The molecule has 0 bridgehead atoms. The molecule has 0 amide bonds. The lowest BCUT2D eigenvalue weighted by molar-refractivity contribution is -0.141. The standard InChI is InChI=1S/C12H11NO6/c1-6(14)19-13-12-11(15)10-8(17-3)4-7(16-2)5-9(10)18-12/h4-5H,1-3H3/b13-12+. The van der Waals surface area contributed by atoms with Crippen LogP contribution in [-0.2, 0) is 9.63 Å². The van der Waals surface area contributed by atoms with Crippen LogP contribution in [0.4, 0.5) is 0 Å². The van der Waals surface area contributed by atoms with Crippen LogP contribution in [0.25, 0.3) is 0 Å². The van der Waals surface area contributed by atoms with Crippen LogP contribution in [0.5, 0.6) is 17.2 Å². The van der Waals surface area contributed by atoms with E-state index in [0.29, 0.717) is 11.5 Å². The molecule has 1 aliphatic rings. The molecule has 7 heteroatoms. The van der Waals surface area contributed by atoms with Gasteiger partial charge in [-0.15, -0.1) is 0 Å². The maximum Gasteiger partial charge on any atom is 0.332 e. The average molecular weight is 265 g/mol. The van der Waals surface area contributed by atoms with Crippen LogP contribution >= 0.6 is 0 Å². The van der Waals surface area contributed by atoms with E-state index in [2.05, 4.69) is 9.99 Å². The van der Waals surface area contributed by atoms with Crippen molar-refractivity contribution >= 4 is 17.7 Å². The van der Waals surface area contributed by atoms with Crippen molar-refractivity contribution in [3.63, 3.8) is 0 Å². The van der Waals surface area contributed by atoms with E-state index in [0.717, 1.165) is 0 Å². The summed E-state index contributed by atoms with van der Waals surface area (Å²) in [6.45, 7) is 1.17. The molecule has 0 spiro atoms. The van der Waals surface area contributed by atoms with Crippen LogP contribution in [-0.4, -0.2) is 31.9 Å². The number of carbonyl (C=O) groups is 2. The van der Waals surface area contributed by atoms with Crippen LogP contribution in [0.15, 0.2) is 17.3 Å². The van der Waals surface area contributed by atoms with E-state index in [-0.39, 0.29) is 17.2 Å². The highest BCUT2D eigenvalue weighted by Gasteiger charge is 2.34. The molecule has 0 N–H and O–H groups in total. The molecule has 0 saturated carbocycles.